The fraction of sp³-hybridized carbons (Fsp3) is 0.538. The van der Waals surface area contributed by atoms with Crippen molar-refractivity contribution in [1.82, 2.24) is 0 Å². The van der Waals surface area contributed by atoms with Crippen LogP contribution in [0.25, 0.3) is 0 Å². The van der Waals surface area contributed by atoms with E-state index in [1.54, 1.807) is 18.2 Å². The third kappa shape index (κ3) is 2.60. The molecule has 3 N–H and O–H groups in total. The SMILES string of the molecule is CC(C)(C)C(O)(CN)Cc1ccccc1F. The minimum absolute atomic E-state index is 0.116. The Labute approximate surface area is 96.3 Å². The molecule has 0 heterocycles. The van der Waals surface area contributed by atoms with Crippen molar-refractivity contribution in [3.63, 3.8) is 0 Å². The van der Waals surface area contributed by atoms with Crippen LogP contribution in [-0.2, 0) is 6.42 Å². The first-order chi connectivity index (χ1) is 7.30. The highest BCUT2D eigenvalue weighted by atomic mass is 19.1. The smallest absolute Gasteiger partial charge is 0.126 e. The van der Waals surface area contributed by atoms with Crippen molar-refractivity contribution in [3.05, 3.63) is 35.6 Å². The standard InChI is InChI=1S/C13H20FNO/c1-12(2,3)13(16,9-15)8-10-6-4-5-7-11(10)14/h4-7,16H,8-9,15H2,1-3H3. The highest BCUT2D eigenvalue weighted by Crippen LogP contribution is 2.33. The van der Waals surface area contributed by atoms with Gasteiger partial charge in [0.25, 0.3) is 0 Å². The molecule has 1 aromatic rings. The molecule has 90 valence electrons. The van der Waals surface area contributed by atoms with Gasteiger partial charge in [0.05, 0.1) is 5.60 Å². The molecule has 3 heteroatoms. The number of halogens is 1. The van der Waals surface area contributed by atoms with Crippen LogP contribution >= 0.6 is 0 Å². The second-order valence-electron chi connectivity index (χ2n) is 5.25. The van der Waals surface area contributed by atoms with Crippen LogP contribution < -0.4 is 5.73 Å². The first-order valence-corrected chi connectivity index (χ1v) is 5.46. The van der Waals surface area contributed by atoms with E-state index in [1.165, 1.54) is 6.07 Å². The molecule has 1 aromatic carbocycles. The maximum atomic E-state index is 13.5. The van der Waals surface area contributed by atoms with Crippen molar-refractivity contribution in [2.75, 3.05) is 6.54 Å². The molecule has 0 aliphatic carbocycles. The first kappa shape index (κ1) is 13.1. The van der Waals surface area contributed by atoms with Crippen LogP contribution in [0.5, 0.6) is 0 Å². The van der Waals surface area contributed by atoms with Gasteiger partial charge in [-0.25, -0.2) is 4.39 Å². The number of rotatable bonds is 3. The van der Waals surface area contributed by atoms with Crippen molar-refractivity contribution in [2.24, 2.45) is 11.1 Å². The maximum absolute atomic E-state index is 13.5. The van der Waals surface area contributed by atoms with Crippen LogP contribution in [-0.4, -0.2) is 17.3 Å². The number of aliphatic hydroxyl groups is 1. The molecule has 0 fully saturated rings. The summed E-state index contributed by atoms with van der Waals surface area (Å²) in [6, 6.07) is 6.48. The Morgan fingerprint density at radius 1 is 1.25 bits per heavy atom. The molecular formula is C13H20FNO. The summed E-state index contributed by atoms with van der Waals surface area (Å²) < 4.78 is 13.5. The van der Waals surface area contributed by atoms with Gasteiger partial charge in [0.1, 0.15) is 5.82 Å². The quantitative estimate of drug-likeness (QED) is 0.827. The summed E-state index contributed by atoms with van der Waals surface area (Å²) in [5, 5.41) is 10.4. The van der Waals surface area contributed by atoms with Crippen LogP contribution in [0.3, 0.4) is 0 Å². The predicted octanol–water partition coefficient (Wildman–Crippen LogP) is 2.10. The number of hydrogen-bond acceptors (Lipinski definition) is 2. The lowest BCUT2D eigenvalue weighted by atomic mass is 9.73. The minimum Gasteiger partial charge on any atom is -0.388 e. The Kier molecular flexibility index (Phi) is 3.71. The van der Waals surface area contributed by atoms with E-state index in [-0.39, 0.29) is 24.2 Å². The van der Waals surface area contributed by atoms with Gasteiger partial charge >= 0.3 is 0 Å². The number of nitrogens with two attached hydrogens (primary N) is 1. The molecule has 2 nitrogen and oxygen atoms in total. The van der Waals surface area contributed by atoms with Gasteiger partial charge in [-0.3, -0.25) is 0 Å². The van der Waals surface area contributed by atoms with Gasteiger partial charge in [-0.2, -0.15) is 0 Å². The molecule has 0 bridgehead atoms. The third-order valence-corrected chi connectivity index (χ3v) is 3.17. The van der Waals surface area contributed by atoms with Crippen LogP contribution in [0.2, 0.25) is 0 Å². The zero-order chi connectivity index (χ0) is 12.4. The Balaban J connectivity index is 2.99. The summed E-state index contributed by atoms with van der Waals surface area (Å²) in [5.41, 5.74) is 4.65. The fourth-order valence-electron chi connectivity index (χ4n) is 1.60. The van der Waals surface area contributed by atoms with Crippen LogP contribution in [0, 0.1) is 11.2 Å². The second kappa shape index (κ2) is 4.52. The predicted molar refractivity (Wildman–Crippen MR) is 63.6 cm³/mol. The molecule has 1 unspecified atom stereocenters. The van der Waals surface area contributed by atoms with Gasteiger partial charge in [0.15, 0.2) is 0 Å². The van der Waals surface area contributed by atoms with Gasteiger partial charge < -0.3 is 10.8 Å². The average molecular weight is 225 g/mol. The summed E-state index contributed by atoms with van der Waals surface area (Å²) in [5.74, 6) is -0.293. The lowest BCUT2D eigenvalue weighted by molar-refractivity contribution is -0.0495. The van der Waals surface area contributed by atoms with Crippen molar-refractivity contribution < 1.29 is 9.50 Å². The average Bonchev–Trinajstić information content (AvgIpc) is 2.19. The lowest BCUT2D eigenvalue weighted by Gasteiger charge is -2.39. The molecule has 0 radical (unpaired) electrons. The van der Waals surface area contributed by atoms with Crippen molar-refractivity contribution in [3.8, 4) is 0 Å². The molecule has 0 spiro atoms. The molecule has 0 aliphatic heterocycles. The van der Waals surface area contributed by atoms with E-state index in [9.17, 15) is 9.50 Å². The molecule has 0 saturated heterocycles. The Morgan fingerprint density at radius 2 is 1.81 bits per heavy atom. The van der Waals surface area contributed by atoms with Crippen LogP contribution in [0.4, 0.5) is 4.39 Å². The van der Waals surface area contributed by atoms with Gasteiger partial charge in [-0.15, -0.1) is 0 Å². The Hall–Kier alpha value is -0.930. The topological polar surface area (TPSA) is 46.2 Å². The number of hydrogen-bond donors (Lipinski definition) is 2. The summed E-state index contributed by atoms with van der Waals surface area (Å²) >= 11 is 0. The zero-order valence-corrected chi connectivity index (χ0v) is 10.1. The van der Waals surface area contributed by atoms with E-state index < -0.39 is 5.60 Å². The van der Waals surface area contributed by atoms with E-state index in [1.807, 2.05) is 20.8 Å². The minimum atomic E-state index is -1.09. The van der Waals surface area contributed by atoms with E-state index in [4.69, 9.17) is 5.73 Å². The van der Waals surface area contributed by atoms with Crippen LogP contribution in [0.1, 0.15) is 26.3 Å². The van der Waals surface area contributed by atoms with E-state index in [0.717, 1.165) is 0 Å². The zero-order valence-electron chi connectivity index (χ0n) is 10.1. The maximum Gasteiger partial charge on any atom is 0.126 e. The summed E-state index contributed by atoms with van der Waals surface area (Å²) in [6.45, 7) is 5.83. The van der Waals surface area contributed by atoms with E-state index in [0.29, 0.717) is 5.56 Å². The molecule has 0 aliphatic rings. The van der Waals surface area contributed by atoms with Crippen molar-refractivity contribution >= 4 is 0 Å². The highest BCUT2D eigenvalue weighted by molar-refractivity contribution is 5.20. The van der Waals surface area contributed by atoms with Gasteiger partial charge in [-0.05, 0) is 17.0 Å². The number of benzene rings is 1. The van der Waals surface area contributed by atoms with Crippen LogP contribution in [0.15, 0.2) is 24.3 Å². The molecule has 0 aromatic heterocycles. The molecular weight excluding hydrogens is 205 g/mol. The first-order valence-electron chi connectivity index (χ1n) is 5.46. The van der Waals surface area contributed by atoms with E-state index >= 15 is 0 Å². The van der Waals surface area contributed by atoms with Gasteiger partial charge in [-0.1, -0.05) is 39.0 Å². The molecule has 0 saturated carbocycles. The Bertz CT molecular complexity index is 359. The summed E-state index contributed by atoms with van der Waals surface area (Å²) in [4.78, 5) is 0. The lowest BCUT2D eigenvalue weighted by Crippen LogP contribution is -2.51. The van der Waals surface area contributed by atoms with Gasteiger partial charge in [0, 0.05) is 13.0 Å². The molecule has 16 heavy (non-hydrogen) atoms. The van der Waals surface area contributed by atoms with Crippen molar-refractivity contribution in [1.29, 1.82) is 0 Å². The molecule has 1 rings (SSSR count). The normalized spacial score (nSPS) is 15.9. The highest BCUT2D eigenvalue weighted by Gasteiger charge is 2.39. The van der Waals surface area contributed by atoms with Crippen molar-refractivity contribution in [2.45, 2.75) is 32.8 Å². The second-order valence-corrected chi connectivity index (χ2v) is 5.25. The molecule has 1 atom stereocenters. The summed E-state index contributed by atoms with van der Waals surface area (Å²) in [6.07, 6.45) is 0.236. The third-order valence-electron chi connectivity index (χ3n) is 3.17. The fourth-order valence-corrected chi connectivity index (χ4v) is 1.60. The molecule has 0 amide bonds. The van der Waals surface area contributed by atoms with Gasteiger partial charge in [0.2, 0.25) is 0 Å². The monoisotopic (exact) mass is 225 g/mol. The Morgan fingerprint density at radius 3 is 2.25 bits per heavy atom. The largest absolute Gasteiger partial charge is 0.388 e. The van der Waals surface area contributed by atoms with E-state index in [2.05, 4.69) is 0 Å². The summed E-state index contributed by atoms with van der Waals surface area (Å²) in [7, 11) is 0.